The summed E-state index contributed by atoms with van der Waals surface area (Å²) in [5.74, 6) is 2.39. The summed E-state index contributed by atoms with van der Waals surface area (Å²) in [6.07, 6.45) is 3.41. The maximum absolute atomic E-state index is 11.7. The van der Waals surface area contributed by atoms with E-state index in [1.54, 1.807) is 19.4 Å². The number of amides is 1. The summed E-state index contributed by atoms with van der Waals surface area (Å²) in [6.45, 7) is 6.27. The SMILES string of the molecule is CC(=O)N1CCN(c2nnc(-c3ccccn3)n2Cc2ccco2)C(C)C1. The van der Waals surface area contributed by atoms with Gasteiger partial charge >= 0.3 is 0 Å². The second kappa shape index (κ2) is 7.22. The fraction of sp³-hybridized carbons (Fsp3) is 0.368. The van der Waals surface area contributed by atoms with Crippen LogP contribution >= 0.6 is 0 Å². The number of carbonyl (C=O) groups excluding carboxylic acids is 1. The lowest BCUT2D eigenvalue weighted by Gasteiger charge is -2.39. The van der Waals surface area contributed by atoms with E-state index in [0.29, 0.717) is 32.0 Å². The van der Waals surface area contributed by atoms with Crippen LogP contribution in [0, 0.1) is 0 Å². The van der Waals surface area contributed by atoms with Crippen molar-refractivity contribution in [3.05, 3.63) is 48.6 Å². The molecule has 0 saturated carbocycles. The lowest BCUT2D eigenvalue weighted by molar-refractivity contribution is -0.129. The molecule has 0 aromatic carbocycles. The van der Waals surface area contributed by atoms with Gasteiger partial charge in [0.05, 0.1) is 12.8 Å². The minimum Gasteiger partial charge on any atom is -0.467 e. The molecule has 0 radical (unpaired) electrons. The van der Waals surface area contributed by atoms with Crippen LogP contribution < -0.4 is 4.90 Å². The molecule has 0 spiro atoms. The number of hydrogen-bond donors (Lipinski definition) is 0. The Morgan fingerprint density at radius 1 is 1.22 bits per heavy atom. The zero-order valence-corrected chi connectivity index (χ0v) is 15.4. The van der Waals surface area contributed by atoms with E-state index < -0.39 is 0 Å². The van der Waals surface area contributed by atoms with Gasteiger partial charge in [0.25, 0.3) is 0 Å². The second-order valence-electron chi connectivity index (χ2n) is 6.71. The second-order valence-corrected chi connectivity index (χ2v) is 6.71. The lowest BCUT2D eigenvalue weighted by Crippen LogP contribution is -2.54. The van der Waals surface area contributed by atoms with E-state index in [1.165, 1.54) is 0 Å². The molecule has 1 atom stereocenters. The molecule has 1 saturated heterocycles. The Labute approximate surface area is 157 Å². The van der Waals surface area contributed by atoms with Crippen molar-refractivity contribution in [2.45, 2.75) is 26.4 Å². The number of carbonyl (C=O) groups is 1. The van der Waals surface area contributed by atoms with Crippen LogP contribution in [0.3, 0.4) is 0 Å². The van der Waals surface area contributed by atoms with Crippen LogP contribution in [0.25, 0.3) is 11.5 Å². The molecule has 3 aromatic heterocycles. The quantitative estimate of drug-likeness (QED) is 0.703. The van der Waals surface area contributed by atoms with Gasteiger partial charge < -0.3 is 14.2 Å². The van der Waals surface area contributed by atoms with Gasteiger partial charge in [-0.1, -0.05) is 6.07 Å². The molecule has 140 valence electrons. The Morgan fingerprint density at radius 2 is 2.11 bits per heavy atom. The summed E-state index contributed by atoms with van der Waals surface area (Å²) in [4.78, 5) is 20.2. The molecule has 0 N–H and O–H groups in total. The molecule has 8 heteroatoms. The molecule has 1 aliphatic rings. The molecule has 1 aliphatic heterocycles. The van der Waals surface area contributed by atoms with Gasteiger partial charge in [-0.05, 0) is 31.2 Å². The van der Waals surface area contributed by atoms with Crippen LogP contribution in [-0.2, 0) is 11.3 Å². The summed E-state index contributed by atoms with van der Waals surface area (Å²) >= 11 is 0. The third-order valence-electron chi connectivity index (χ3n) is 4.85. The molecule has 1 fully saturated rings. The minimum atomic E-state index is 0.104. The average Bonchev–Trinajstić information content (AvgIpc) is 3.33. The number of furan rings is 1. The molecule has 0 aliphatic carbocycles. The molecule has 3 aromatic rings. The summed E-state index contributed by atoms with van der Waals surface area (Å²) < 4.78 is 7.58. The van der Waals surface area contributed by atoms with Crippen molar-refractivity contribution in [2.75, 3.05) is 24.5 Å². The monoisotopic (exact) mass is 366 g/mol. The van der Waals surface area contributed by atoms with Crippen molar-refractivity contribution in [3.8, 4) is 11.5 Å². The number of pyridine rings is 1. The van der Waals surface area contributed by atoms with Crippen LogP contribution in [0.2, 0.25) is 0 Å². The Hall–Kier alpha value is -3.16. The lowest BCUT2D eigenvalue weighted by atomic mass is 10.2. The summed E-state index contributed by atoms with van der Waals surface area (Å²) in [5.41, 5.74) is 0.762. The Morgan fingerprint density at radius 3 is 2.78 bits per heavy atom. The van der Waals surface area contributed by atoms with Crippen molar-refractivity contribution in [2.24, 2.45) is 0 Å². The predicted octanol–water partition coefficient (Wildman–Crippen LogP) is 2.04. The molecule has 4 heterocycles. The van der Waals surface area contributed by atoms with E-state index in [2.05, 4.69) is 27.0 Å². The highest BCUT2D eigenvalue weighted by Crippen LogP contribution is 2.25. The zero-order chi connectivity index (χ0) is 18.8. The Bertz CT molecular complexity index is 906. The smallest absolute Gasteiger partial charge is 0.228 e. The zero-order valence-electron chi connectivity index (χ0n) is 15.4. The van der Waals surface area contributed by atoms with Crippen molar-refractivity contribution in [3.63, 3.8) is 0 Å². The highest BCUT2D eigenvalue weighted by Gasteiger charge is 2.30. The Kier molecular flexibility index (Phi) is 4.62. The van der Waals surface area contributed by atoms with Crippen LogP contribution in [0.1, 0.15) is 19.6 Å². The van der Waals surface area contributed by atoms with Crippen LogP contribution in [0.4, 0.5) is 5.95 Å². The van der Waals surface area contributed by atoms with Gasteiger partial charge in [-0.3, -0.25) is 14.3 Å². The largest absolute Gasteiger partial charge is 0.467 e. The number of aromatic nitrogens is 4. The van der Waals surface area contributed by atoms with Crippen LogP contribution in [0.15, 0.2) is 47.2 Å². The molecule has 27 heavy (non-hydrogen) atoms. The highest BCUT2D eigenvalue weighted by molar-refractivity contribution is 5.73. The van der Waals surface area contributed by atoms with E-state index in [-0.39, 0.29) is 11.9 Å². The van der Waals surface area contributed by atoms with Crippen molar-refractivity contribution >= 4 is 11.9 Å². The third-order valence-corrected chi connectivity index (χ3v) is 4.85. The first-order chi connectivity index (χ1) is 13.1. The van der Waals surface area contributed by atoms with Gasteiger partial charge in [0.2, 0.25) is 11.9 Å². The number of piperazine rings is 1. The van der Waals surface area contributed by atoms with Gasteiger partial charge in [-0.15, -0.1) is 10.2 Å². The van der Waals surface area contributed by atoms with E-state index in [9.17, 15) is 4.79 Å². The molecule has 1 unspecified atom stereocenters. The summed E-state index contributed by atoms with van der Waals surface area (Å²) in [5, 5.41) is 8.89. The van der Waals surface area contributed by atoms with Crippen LogP contribution in [0.5, 0.6) is 0 Å². The number of rotatable bonds is 4. The van der Waals surface area contributed by atoms with Gasteiger partial charge in [0.1, 0.15) is 11.5 Å². The summed E-state index contributed by atoms with van der Waals surface area (Å²) in [6, 6.07) is 9.67. The third kappa shape index (κ3) is 3.42. The average molecular weight is 366 g/mol. The van der Waals surface area contributed by atoms with Crippen molar-refractivity contribution < 1.29 is 9.21 Å². The van der Waals surface area contributed by atoms with Gasteiger partial charge in [0, 0.05) is 38.8 Å². The van der Waals surface area contributed by atoms with Crippen molar-refractivity contribution in [1.29, 1.82) is 0 Å². The first kappa shape index (κ1) is 17.3. The summed E-state index contributed by atoms with van der Waals surface area (Å²) in [7, 11) is 0. The number of anilines is 1. The topological polar surface area (TPSA) is 80.3 Å². The maximum atomic E-state index is 11.7. The number of nitrogens with zero attached hydrogens (tertiary/aromatic N) is 6. The van der Waals surface area contributed by atoms with E-state index in [0.717, 1.165) is 17.4 Å². The first-order valence-electron chi connectivity index (χ1n) is 9.02. The fourth-order valence-electron chi connectivity index (χ4n) is 3.44. The van der Waals surface area contributed by atoms with E-state index in [4.69, 9.17) is 4.42 Å². The van der Waals surface area contributed by atoms with E-state index >= 15 is 0 Å². The Balaban J connectivity index is 1.70. The molecule has 4 rings (SSSR count). The predicted molar refractivity (Wildman–Crippen MR) is 100 cm³/mol. The molecule has 0 bridgehead atoms. The van der Waals surface area contributed by atoms with Crippen molar-refractivity contribution in [1.82, 2.24) is 24.6 Å². The van der Waals surface area contributed by atoms with Gasteiger partial charge in [-0.2, -0.15) is 0 Å². The van der Waals surface area contributed by atoms with Gasteiger partial charge in [0.15, 0.2) is 5.82 Å². The standard InChI is InChI=1S/C19H22N6O2/c1-14-12-23(15(2)26)9-10-24(14)19-22-21-18(17-7-3-4-8-20-17)25(19)13-16-6-5-11-27-16/h3-8,11,14H,9-10,12-13H2,1-2H3. The normalized spacial score (nSPS) is 17.3. The van der Waals surface area contributed by atoms with Crippen LogP contribution in [-0.4, -0.2) is 56.2 Å². The molecular weight excluding hydrogens is 344 g/mol. The van der Waals surface area contributed by atoms with E-state index in [1.807, 2.05) is 39.8 Å². The fourth-order valence-corrected chi connectivity index (χ4v) is 3.44. The minimum absolute atomic E-state index is 0.104. The number of hydrogen-bond acceptors (Lipinski definition) is 6. The molecule has 8 nitrogen and oxygen atoms in total. The molecule has 1 amide bonds. The molecular formula is C19H22N6O2. The highest BCUT2D eigenvalue weighted by atomic mass is 16.3. The first-order valence-corrected chi connectivity index (χ1v) is 9.02. The maximum Gasteiger partial charge on any atom is 0.228 e. The van der Waals surface area contributed by atoms with Gasteiger partial charge in [-0.25, -0.2) is 0 Å².